The maximum atomic E-state index is 13.3. The number of anilines is 1. The second kappa shape index (κ2) is 19.7. The number of hydrogen-bond acceptors (Lipinski definition) is 9. The van der Waals surface area contributed by atoms with Crippen LogP contribution in [0.4, 0.5) is 18.9 Å². The molecule has 1 atom stereocenters. The van der Waals surface area contributed by atoms with Crippen LogP contribution in [0.2, 0.25) is 0 Å². The van der Waals surface area contributed by atoms with E-state index >= 15 is 0 Å². The van der Waals surface area contributed by atoms with Gasteiger partial charge >= 0.3 is 6.36 Å². The second-order valence-electron chi connectivity index (χ2n) is 16.8. The van der Waals surface area contributed by atoms with Gasteiger partial charge < -0.3 is 19.4 Å². The predicted molar refractivity (Wildman–Crippen MR) is 229 cm³/mol. The number of fused-ring (bicyclic) bond motifs is 2. The number of aryl methyl sites for hydroxylation is 2. The number of hydrogen-bond donors (Lipinski definition) is 2. The lowest BCUT2D eigenvalue weighted by Gasteiger charge is -2.32. The van der Waals surface area contributed by atoms with E-state index in [-0.39, 0.29) is 47.9 Å². The molecule has 336 valence electrons. The predicted octanol–water partition coefficient (Wildman–Crippen LogP) is 6.98. The molecule has 4 aromatic rings. The largest absolute Gasteiger partial charge is 0.522 e. The molecule has 2 aromatic carbocycles. The zero-order chi connectivity index (χ0) is 44.8. The van der Waals surface area contributed by atoms with Crippen LogP contribution in [0.3, 0.4) is 0 Å². The number of carbonyl (C=O) groups excluding carboxylic acids is 5. The SMILES string of the molecule is Cc1cc(-c2ccc3nc(C4CCN(C(=O)CCCCCCCCCCNc5cccc6c5C(=O)N(C5CCC(=O)NC5=O)C6=O)CC4)n(CCOC(F)(F)F)c3c2)cn(C)c1=O. The average molecular weight is 874 g/mol. The lowest BCUT2D eigenvalue weighted by atomic mass is 9.95. The van der Waals surface area contributed by atoms with Crippen molar-refractivity contribution in [2.75, 3.05) is 31.6 Å². The number of nitrogens with one attached hydrogen (secondary N) is 2. The van der Waals surface area contributed by atoms with Crippen LogP contribution in [0.1, 0.15) is 121 Å². The first-order valence-electron chi connectivity index (χ1n) is 21.9. The summed E-state index contributed by atoms with van der Waals surface area (Å²) in [6, 6.07) is 11.5. The van der Waals surface area contributed by atoms with Gasteiger partial charge in [-0.05, 0) is 80.5 Å². The van der Waals surface area contributed by atoms with Crippen LogP contribution in [0.15, 0.2) is 53.5 Å². The zero-order valence-corrected chi connectivity index (χ0v) is 35.7. The summed E-state index contributed by atoms with van der Waals surface area (Å²) >= 11 is 0. The number of benzene rings is 2. The van der Waals surface area contributed by atoms with Crippen LogP contribution in [0.25, 0.3) is 22.2 Å². The van der Waals surface area contributed by atoms with Crippen molar-refractivity contribution in [3.05, 3.63) is 81.5 Å². The zero-order valence-electron chi connectivity index (χ0n) is 35.7. The van der Waals surface area contributed by atoms with E-state index in [1.807, 2.05) is 27.7 Å². The highest BCUT2D eigenvalue weighted by molar-refractivity contribution is 6.25. The number of rotatable bonds is 18. The number of carbonyl (C=O) groups is 5. The topological polar surface area (TPSA) is 165 Å². The molecule has 7 rings (SSSR count). The smallest absolute Gasteiger partial charge is 0.384 e. The number of halogens is 3. The van der Waals surface area contributed by atoms with Crippen molar-refractivity contribution in [3.63, 3.8) is 0 Å². The standard InChI is InChI=1S/C46H54F3N7O7/c1-29-26-32(28-53(2)43(29)60)31-15-16-34-37(27-31)55(24-25-63-46(47,48)49)41(51-34)30-19-22-54(23-20-30)39(58)14-9-7-5-3-4-6-8-10-21-50-35-13-11-12-33-40(35)45(62)56(44(33)61)36-17-18-38(57)52-42(36)59/h11-13,15-16,26-28,30,36,50H,3-10,14,17-25H2,1-2H3,(H,52,57,59). The second-order valence-corrected chi connectivity index (χ2v) is 16.8. The number of unbranched alkanes of at least 4 members (excludes halogenated alkanes) is 7. The fourth-order valence-electron chi connectivity index (χ4n) is 9.05. The van der Waals surface area contributed by atoms with Gasteiger partial charge in [0, 0.05) is 69.4 Å². The first-order valence-corrected chi connectivity index (χ1v) is 21.9. The van der Waals surface area contributed by atoms with Gasteiger partial charge in [-0.3, -0.25) is 43.7 Å². The maximum Gasteiger partial charge on any atom is 0.522 e. The molecule has 0 bridgehead atoms. The Morgan fingerprint density at radius 2 is 1.60 bits per heavy atom. The molecule has 2 saturated heterocycles. The van der Waals surface area contributed by atoms with E-state index in [9.17, 15) is 41.9 Å². The monoisotopic (exact) mass is 873 g/mol. The summed E-state index contributed by atoms with van der Waals surface area (Å²) in [7, 11) is 1.68. The molecule has 2 N–H and O–H groups in total. The summed E-state index contributed by atoms with van der Waals surface area (Å²) in [5, 5.41) is 5.51. The third-order valence-corrected chi connectivity index (χ3v) is 12.4. The molecular formula is C46H54F3N7O7. The van der Waals surface area contributed by atoms with Crippen molar-refractivity contribution in [2.24, 2.45) is 7.05 Å². The molecular weight excluding hydrogens is 820 g/mol. The van der Waals surface area contributed by atoms with Crippen molar-refractivity contribution in [2.45, 2.75) is 115 Å². The Morgan fingerprint density at radius 3 is 2.30 bits per heavy atom. The molecule has 63 heavy (non-hydrogen) atoms. The van der Waals surface area contributed by atoms with E-state index in [1.54, 1.807) is 44.4 Å². The molecule has 2 fully saturated rings. The molecule has 1 unspecified atom stereocenters. The Bertz CT molecular complexity index is 2410. The van der Waals surface area contributed by atoms with Gasteiger partial charge in [0.2, 0.25) is 17.7 Å². The van der Waals surface area contributed by atoms with Gasteiger partial charge in [0.1, 0.15) is 11.9 Å². The van der Waals surface area contributed by atoms with Gasteiger partial charge in [-0.25, -0.2) is 4.98 Å². The van der Waals surface area contributed by atoms with Crippen molar-refractivity contribution >= 4 is 46.3 Å². The Kier molecular flexibility index (Phi) is 14.1. The number of piperidine rings is 2. The van der Waals surface area contributed by atoms with Gasteiger partial charge in [0.05, 0.1) is 28.8 Å². The number of imide groups is 2. The molecule has 3 aliphatic rings. The summed E-state index contributed by atoms with van der Waals surface area (Å²) < 4.78 is 46.5. The summed E-state index contributed by atoms with van der Waals surface area (Å²) in [5.41, 5.74) is 4.50. The number of ether oxygens (including phenoxy) is 1. The number of amides is 5. The molecule has 5 amide bonds. The molecule has 2 aromatic heterocycles. The van der Waals surface area contributed by atoms with Crippen LogP contribution >= 0.6 is 0 Å². The Hall–Kier alpha value is -5.84. The number of aromatic nitrogens is 3. The van der Waals surface area contributed by atoms with Crippen molar-refractivity contribution < 1.29 is 41.9 Å². The maximum absolute atomic E-state index is 13.3. The molecule has 17 heteroatoms. The van der Waals surface area contributed by atoms with Gasteiger partial charge in [-0.15, -0.1) is 13.2 Å². The van der Waals surface area contributed by atoms with Crippen LogP contribution in [-0.4, -0.2) is 92.1 Å². The number of pyridine rings is 1. The van der Waals surface area contributed by atoms with Crippen molar-refractivity contribution in [1.82, 2.24) is 29.2 Å². The highest BCUT2D eigenvalue weighted by atomic mass is 19.4. The third kappa shape index (κ3) is 10.5. The minimum Gasteiger partial charge on any atom is -0.384 e. The summed E-state index contributed by atoms with van der Waals surface area (Å²) in [4.78, 5) is 83.6. The van der Waals surface area contributed by atoms with Gasteiger partial charge in [0.15, 0.2) is 0 Å². The number of likely N-dealkylation sites (tertiary alicyclic amines) is 1. The highest BCUT2D eigenvalue weighted by Gasteiger charge is 2.45. The van der Waals surface area contributed by atoms with Crippen LogP contribution in [0.5, 0.6) is 0 Å². The average Bonchev–Trinajstić information content (AvgIpc) is 3.74. The first-order chi connectivity index (χ1) is 30.2. The van der Waals surface area contributed by atoms with E-state index in [1.165, 1.54) is 4.57 Å². The van der Waals surface area contributed by atoms with Crippen LogP contribution in [-0.2, 0) is 32.7 Å². The number of imidazole rings is 1. The fourth-order valence-corrected chi connectivity index (χ4v) is 9.05. The number of alkyl halides is 3. The quantitative estimate of drug-likeness (QED) is 0.0793. The number of nitrogens with zero attached hydrogens (tertiary/aromatic N) is 5. The molecule has 0 radical (unpaired) electrons. The Balaban J connectivity index is 0.812. The van der Waals surface area contributed by atoms with E-state index in [4.69, 9.17) is 4.98 Å². The van der Waals surface area contributed by atoms with Crippen LogP contribution in [0, 0.1) is 6.92 Å². The molecule has 0 spiro atoms. The molecule has 0 saturated carbocycles. The van der Waals surface area contributed by atoms with Gasteiger partial charge in [-0.1, -0.05) is 50.7 Å². The lowest BCUT2D eigenvalue weighted by molar-refractivity contribution is -0.325. The molecule has 3 aliphatic heterocycles. The minimum absolute atomic E-state index is 0.0434. The van der Waals surface area contributed by atoms with Crippen LogP contribution < -0.4 is 16.2 Å². The van der Waals surface area contributed by atoms with Gasteiger partial charge in [-0.2, -0.15) is 0 Å². The molecule has 14 nitrogen and oxygen atoms in total. The lowest BCUT2D eigenvalue weighted by Crippen LogP contribution is -2.54. The minimum atomic E-state index is -4.76. The highest BCUT2D eigenvalue weighted by Crippen LogP contribution is 2.34. The van der Waals surface area contributed by atoms with E-state index in [0.717, 1.165) is 67.4 Å². The van der Waals surface area contributed by atoms with Crippen molar-refractivity contribution in [3.8, 4) is 11.1 Å². The third-order valence-electron chi connectivity index (χ3n) is 12.4. The Labute approximate surface area is 363 Å². The van der Waals surface area contributed by atoms with E-state index in [0.29, 0.717) is 67.0 Å². The molecule has 0 aliphatic carbocycles. The van der Waals surface area contributed by atoms with Gasteiger partial charge in [0.25, 0.3) is 17.4 Å². The summed E-state index contributed by atoms with van der Waals surface area (Å²) in [6.45, 7) is 2.84. The normalized spacial score (nSPS) is 17.2. The van der Waals surface area contributed by atoms with E-state index in [2.05, 4.69) is 15.4 Å². The van der Waals surface area contributed by atoms with Crippen molar-refractivity contribution in [1.29, 1.82) is 0 Å². The summed E-state index contributed by atoms with van der Waals surface area (Å²) in [5.74, 6) is -1.35. The molecule has 5 heterocycles. The first kappa shape index (κ1) is 45.2. The Morgan fingerprint density at radius 1 is 0.889 bits per heavy atom. The summed E-state index contributed by atoms with van der Waals surface area (Å²) in [6.07, 6.45) is 6.74. The van der Waals surface area contributed by atoms with E-state index < -0.39 is 42.6 Å². The fraction of sp³-hybridized carbons (Fsp3) is 0.500.